The third-order valence-electron chi connectivity index (χ3n) is 3.83. The van der Waals surface area contributed by atoms with E-state index in [1.807, 2.05) is 32.0 Å². The molecule has 1 saturated heterocycles. The number of nitrogens with one attached hydrogen (secondary N) is 2. The fourth-order valence-electron chi connectivity index (χ4n) is 2.65. The Kier molecular flexibility index (Phi) is 4.59. The first-order valence-electron chi connectivity index (χ1n) is 7.18. The van der Waals surface area contributed by atoms with Gasteiger partial charge in [-0.05, 0) is 45.2 Å². The van der Waals surface area contributed by atoms with Crippen LogP contribution < -0.4 is 10.6 Å². The van der Waals surface area contributed by atoms with Gasteiger partial charge >= 0.3 is 0 Å². The molecule has 1 aromatic rings. The molecule has 0 spiro atoms. The first kappa shape index (κ1) is 14.1. The topological polar surface area (TPSA) is 41.1 Å². The molecule has 1 amide bonds. The molecule has 3 heteroatoms. The smallest absolute Gasteiger partial charge is 0.220 e. The van der Waals surface area contributed by atoms with Crippen molar-refractivity contribution >= 4 is 5.91 Å². The van der Waals surface area contributed by atoms with Gasteiger partial charge in [0.15, 0.2) is 0 Å². The highest BCUT2D eigenvalue weighted by molar-refractivity contribution is 5.77. The predicted molar refractivity (Wildman–Crippen MR) is 77.9 cm³/mol. The third-order valence-corrected chi connectivity index (χ3v) is 3.83. The summed E-state index contributed by atoms with van der Waals surface area (Å²) in [5.41, 5.74) is 0.837. The van der Waals surface area contributed by atoms with Gasteiger partial charge in [-0.2, -0.15) is 0 Å². The van der Waals surface area contributed by atoms with E-state index in [1.165, 1.54) is 12.8 Å². The van der Waals surface area contributed by atoms with Gasteiger partial charge in [-0.3, -0.25) is 4.79 Å². The Balaban J connectivity index is 1.83. The Morgan fingerprint density at radius 2 is 2.11 bits per heavy atom. The Morgan fingerprint density at radius 3 is 2.74 bits per heavy atom. The van der Waals surface area contributed by atoms with Crippen LogP contribution in [0.3, 0.4) is 0 Å². The Labute approximate surface area is 115 Å². The SMILES string of the molecule is CC(C)(NC(=O)CCC1CCCN1)c1ccccc1. The number of rotatable bonds is 5. The lowest BCUT2D eigenvalue weighted by Crippen LogP contribution is -2.41. The largest absolute Gasteiger partial charge is 0.347 e. The summed E-state index contributed by atoms with van der Waals surface area (Å²) in [6, 6.07) is 10.6. The fraction of sp³-hybridized carbons (Fsp3) is 0.562. The maximum Gasteiger partial charge on any atom is 0.220 e. The average Bonchev–Trinajstić information content (AvgIpc) is 2.90. The molecule has 19 heavy (non-hydrogen) atoms. The lowest BCUT2D eigenvalue weighted by atomic mass is 9.94. The predicted octanol–water partition coefficient (Wildman–Crippen LogP) is 2.57. The fourth-order valence-corrected chi connectivity index (χ4v) is 2.65. The van der Waals surface area contributed by atoms with Crippen molar-refractivity contribution in [3.8, 4) is 0 Å². The van der Waals surface area contributed by atoms with Crippen LogP contribution in [0.5, 0.6) is 0 Å². The number of carbonyl (C=O) groups is 1. The standard InChI is InChI=1S/C16H24N2O/c1-16(2,13-7-4-3-5-8-13)18-15(19)11-10-14-9-6-12-17-14/h3-5,7-8,14,17H,6,9-12H2,1-2H3,(H,18,19). The van der Waals surface area contributed by atoms with Crippen LogP contribution in [0.2, 0.25) is 0 Å². The normalized spacial score (nSPS) is 19.4. The summed E-state index contributed by atoms with van der Waals surface area (Å²) in [4.78, 5) is 12.0. The first-order valence-corrected chi connectivity index (χ1v) is 7.18. The molecule has 1 unspecified atom stereocenters. The Hall–Kier alpha value is -1.35. The zero-order valence-corrected chi connectivity index (χ0v) is 11.9. The second-order valence-electron chi connectivity index (χ2n) is 5.87. The van der Waals surface area contributed by atoms with Crippen LogP contribution in [0, 0.1) is 0 Å². The van der Waals surface area contributed by atoms with Crippen LogP contribution in [0.25, 0.3) is 0 Å². The van der Waals surface area contributed by atoms with Gasteiger partial charge in [-0.15, -0.1) is 0 Å². The number of hydrogen-bond donors (Lipinski definition) is 2. The van der Waals surface area contributed by atoms with E-state index in [0.29, 0.717) is 12.5 Å². The maximum atomic E-state index is 12.0. The van der Waals surface area contributed by atoms with E-state index in [0.717, 1.165) is 18.5 Å². The molecule has 1 aliphatic rings. The molecular formula is C16H24N2O. The molecule has 2 rings (SSSR count). The van der Waals surface area contributed by atoms with E-state index < -0.39 is 0 Å². The van der Waals surface area contributed by atoms with Gasteiger partial charge in [-0.1, -0.05) is 30.3 Å². The van der Waals surface area contributed by atoms with Gasteiger partial charge in [0.1, 0.15) is 0 Å². The van der Waals surface area contributed by atoms with Crippen molar-refractivity contribution in [3.63, 3.8) is 0 Å². The number of benzene rings is 1. The van der Waals surface area contributed by atoms with Gasteiger partial charge < -0.3 is 10.6 Å². The van der Waals surface area contributed by atoms with Crippen molar-refractivity contribution in [1.82, 2.24) is 10.6 Å². The van der Waals surface area contributed by atoms with Gasteiger partial charge in [0.25, 0.3) is 0 Å². The van der Waals surface area contributed by atoms with Crippen LogP contribution in [0.1, 0.15) is 45.1 Å². The second kappa shape index (κ2) is 6.20. The molecule has 0 bridgehead atoms. The van der Waals surface area contributed by atoms with Gasteiger partial charge in [0.2, 0.25) is 5.91 Å². The van der Waals surface area contributed by atoms with Crippen molar-refractivity contribution in [1.29, 1.82) is 0 Å². The van der Waals surface area contributed by atoms with Crippen molar-refractivity contribution in [2.45, 2.75) is 51.1 Å². The number of hydrogen-bond acceptors (Lipinski definition) is 2. The quantitative estimate of drug-likeness (QED) is 0.854. The van der Waals surface area contributed by atoms with Crippen molar-refractivity contribution in [2.75, 3.05) is 6.54 Å². The zero-order valence-electron chi connectivity index (χ0n) is 11.9. The minimum atomic E-state index is -0.304. The maximum absolute atomic E-state index is 12.0. The summed E-state index contributed by atoms with van der Waals surface area (Å²) in [5.74, 6) is 0.141. The summed E-state index contributed by atoms with van der Waals surface area (Å²) in [7, 11) is 0. The van der Waals surface area contributed by atoms with E-state index in [4.69, 9.17) is 0 Å². The van der Waals surface area contributed by atoms with Crippen LogP contribution in [-0.4, -0.2) is 18.5 Å². The van der Waals surface area contributed by atoms with Crippen LogP contribution in [0.4, 0.5) is 0 Å². The van der Waals surface area contributed by atoms with E-state index in [2.05, 4.69) is 22.8 Å². The zero-order chi connectivity index (χ0) is 13.7. The molecule has 1 aromatic carbocycles. The van der Waals surface area contributed by atoms with Gasteiger partial charge in [0, 0.05) is 12.5 Å². The van der Waals surface area contributed by atoms with E-state index >= 15 is 0 Å². The minimum absolute atomic E-state index is 0.141. The lowest BCUT2D eigenvalue weighted by Gasteiger charge is -2.27. The summed E-state index contributed by atoms with van der Waals surface area (Å²) in [5, 5.41) is 6.56. The van der Waals surface area contributed by atoms with E-state index in [-0.39, 0.29) is 11.4 Å². The van der Waals surface area contributed by atoms with Crippen molar-refractivity contribution in [2.24, 2.45) is 0 Å². The number of amides is 1. The average molecular weight is 260 g/mol. The van der Waals surface area contributed by atoms with Gasteiger partial charge in [-0.25, -0.2) is 0 Å². The van der Waals surface area contributed by atoms with Crippen molar-refractivity contribution < 1.29 is 4.79 Å². The molecule has 1 heterocycles. The number of carbonyl (C=O) groups excluding carboxylic acids is 1. The molecule has 0 aromatic heterocycles. The Morgan fingerprint density at radius 1 is 1.37 bits per heavy atom. The Bertz CT molecular complexity index is 408. The third kappa shape index (κ3) is 4.06. The molecular weight excluding hydrogens is 236 g/mol. The molecule has 1 atom stereocenters. The molecule has 104 valence electrons. The van der Waals surface area contributed by atoms with E-state index in [9.17, 15) is 4.79 Å². The highest BCUT2D eigenvalue weighted by Crippen LogP contribution is 2.20. The van der Waals surface area contributed by atoms with E-state index in [1.54, 1.807) is 0 Å². The monoisotopic (exact) mass is 260 g/mol. The highest BCUT2D eigenvalue weighted by Gasteiger charge is 2.23. The van der Waals surface area contributed by atoms with Crippen LogP contribution in [-0.2, 0) is 10.3 Å². The van der Waals surface area contributed by atoms with Gasteiger partial charge in [0.05, 0.1) is 5.54 Å². The molecule has 0 radical (unpaired) electrons. The molecule has 0 aliphatic carbocycles. The molecule has 3 nitrogen and oxygen atoms in total. The second-order valence-corrected chi connectivity index (χ2v) is 5.87. The van der Waals surface area contributed by atoms with Crippen LogP contribution in [0.15, 0.2) is 30.3 Å². The molecule has 1 aliphatic heterocycles. The highest BCUT2D eigenvalue weighted by atomic mass is 16.1. The summed E-state index contributed by atoms with van der Waals surface area (Å²) in [6.07, 6.45) is 3.99. The lowest BCUT2D eigenvalue weighted by molar-refractivity contribution is -0.123. The summed E-state index contributed by atoms with van der Waals surface area (Å²) < 4.78 is 0. The molecule has 2 N–H and O–H groups in total. The summed E-state index contributed by atoms with van der Waals surface area (Å²) >= 11 is 0. The first-order chi connectivity index (χ1) is 9.08. The molecule has 0 saturated carbocycles. The summed E-state index contributed by atoms with van der Waals surface area (Å²) in [6.45, 7) is 5.20. The van der Waals surface area contributed by atoms with Crippen LogP contribution >= 0.6 is 0 Å². The van der Waals surface area contributed by atoms with Crippen molar-refractivity contribution in [3.05, 3.63) is 35.9 Å². The molecule has 1 fully saturated rings. The minimum Gasteiger partial charge on any atom is -0.347 e.